The van der Waals surface area contributed by atoms with Crippen molar-refractivity contribution in [2.75, 3.05) is 49.7 Å². The highest BCUT2D eigenvalue weighted by molar-refractivity contribution is 5.69. The maximum Gasteiger partial charge on any atom is 0.229 e. The van der Waals surface area contributed by atoms with Gasteiger partial charge in [-0.05, 0) is 51.5 Å². The first-order chi connectivity index (χ1) is 18.1. The summed E-state index contributed by atoms with van der Waals surface area (Å²) < 4.78 is 32.0. The number of aromatic nitrogens is 2. The summed E-state index contributed by atoms with van der Waals surface area (Å²) in [5, 5.41) is 3.28. The van der Waals surface area contributed by atoms with Gasteiger partial charge in [-0.1, -0.05) is 6.07 Å². The first kappa shape index (κ1) is 25.2. The van der Waals surface area contributed by atoms with Gasteiger partial charge in [0.25, 0.3) is 0 Å². The number of hydrogen-bond donors (Lipinski definition) is 1. The molecule has 1 unspecified atom stereocenters. The molecule has 37 heavy (non-hydrogen) atoms. The summed E-state index contributed by atoms with van der Waals surface area (Å²) in [6.45, 7) is 10.7. The van der Waals surface area contributed by atoms with Gasteiger partial charge in [0.05, 0.1) is 26.4 Å². The molecule has 0 spiro atoms. The van der Waals surface area contributed by atoms with E-state index in [0.717, 1.165) is 42.3 Å². The Kier molecular flexibility index (Phi) is 7.71. The van der Waals surface area contributed by atoms with Gasteiger partial charge in [-0.3, -0.25) is 4.90 Å². The number of halogens is 1. The van der Waals surface area contributed by atoms with E-state index in [4.69, 9.17) is 19.2 Å². The van der Waals surface area contributed by atoms with Crippen molar-refractivity contribution in [3.8, 4) is 11.5 Å². The highest BCUT2D eigenvalue weighted by atomic mass is 19.1. The van der Waals surface area contributed by atoms with Crippen molar-refractivity contribution in [3.63, 3.8) is 0 Å². The Hall–Kier alpha value is -3.43. The molecule has 1 aromatic heterocycles. The van der Waals surface area contributed by atoms with Gasteiger partial charge < -0.3 is 24.4 Å². The SMILES string of the molecule is CCOc1ccc(Nc2ncc3c(n2)N(c2ccc(CN4CCOCC4)c(F)c2)C(C)C3)cc1OCC. The first-order valence-corrected chi connectivity index (χ1v) is 13.0. The molecule has 8 nitrogen and oxygen atoms in total. The van der Waals surface area contributed by atoms with E-state index in [1.165, 1.54) is 0 Å². The number of anilines is 4. The maximum atomic E-state index is 15.2. The van der Waals surface area contributed by atoms with Crippen molar-refractivity contribution >= 4 is 23.1 Å². The van der Waals surface area contributed by atoms with Gasteiger partial charge in [-0.2, -0.15) is 4.98 Å². The van der Waals surface area contributed by atoms with Crippen molar-refractivity contribution in [2.45, 2.75) is 39.8 Å². The molecule has 0 aliphatic carbocycles. The fraction of sp³-hybridized carbons (Fsp3) is 0.429. The standard InChI is InChI=1S/C28H34FN5O3/c1-4-36-25-9-7-22(15-26(25)37-5-2)31-28-30-17-21-14-19(3)34(27(21)32-28)23-8-6-20(24(29)16-23)18-33-10-12-35-13-11-33/h6-9,15-17,19H,4-5,10-14,18H2,1-3H3,(H,30,31,32). The minimum Gasteiger partial charge on any atom is -0.490 e. The van der Waals surface area contributed by atoms with Crippen LogP contribution in [0.1, 0.15) is 31.9 Å². The van der Waals surface area contributed by atoms with E-state index >= 15 is 4.39 Å². The monoisotopic (exact) mass is 507 g/mol. The number of nitrogens with one attached hydrogen (secondary N) is 1. The molecule has 1 N–H and O–H groups in total. The number of benzene rings is 2. The fourth-order valence-electron chi connectivity index (χ4n) is 4.88. The van der Waals surface area contributed by atoms with Gasteiger partial charge in [-0.25, -0.2) is 9.37 Å². The average Bonchev–Trinajstić information content (AvgIpc) is 3.22. The van der Waals surface area contributed by atoms with Gasteiger partial charge in [0.2, 0.25) is 5.95 Å². The average molecular weight is 508 g/mol. The third-order valence-electron chi connectivity index (χ3n) is 6.64. The third kappa shape index (κ3) is 5.62. The van der Waals surface area contributed by atoms with Crippen LogP contribution in [0, 0.1) is 5.82 Å². The lowest BCUT2D eigenvalue weighted by Gasteiger charge is -2.28. The molecule has 0 bridgehead atoms. The van der Waals surface area contributed by atoms with Crippen LogP contribution in [0.3, 0.4) is 0 Å². The van der Waals surface area contributed by atoms with Crippen LogP contribution in [-0.2, 0) is 17.7 Å². The Morgan fingerprint density at radius 2 is 1.84 bits per heavy atom. The summed E-state index contributed by atoms with van der Waals surface area (Å²) in [6.07, 6.45) is 2.65. The third-order valence-corrected chi connectivity index (χ3v) is 6.64. The summed E-state index contributed by atoms with van der Waals surface area (Å²) in [7, 11) is 0. The number of ether oxygens (including phenoxy) is 3. The van der Waals surface area contributed by atoms with Crippen LogP contribution in [0.25, 0.3) is 0 Å². The van der Waals surface area contributed by atoms with E-state index in [9.17, 15) is 0 Å². The zero-order valence-electron chi connectivity index (χ0n) is 21.7. The molecule has 1 fully saturated rings. The van der Waals surface area contributed by atoms with Crippen LogP contribution in [0.2, 0.25) is 0 Å². The largest absolute Gasteiger partial charge is 0.490 e. The molecule has 196 valence electrons. The van der Waals surface area contributed by atoms with Crippen molar-refractivity contribution in [3.05, 3.63) is 59.5 Å². The number of morpholine rings is 1. The molecular formula is C28H34FN5O3. The number of hydrogen-bond acceptors (Lipinski definition) is 8. The molecule has 3 heterocycles. The lowest BCUT2D eigenvalue weighted by Crippen LogP contribution is -2.35. The van der Waals surface area contributed by atoms with Crippen molar-refractivity contribution < 1.29 is 18.6 Å². The lowest BCUT2D eigenvalue weighted by atomic mass is 10.1. The predicted molar refractivity (Wildman–Crippen MR) is 142 cm³/mol. The zero-order valence-corrected chi connectivity index (χ0v) is 21.7. The van der Waals surface area contributed by atoms with Gasteiger partial charge in [-0.15, -0.1) is 0 Å². The first-order valence-electron chi connectivity index (χ1n) is 13.0. The molecule has 5 rings (SSSR count). The second-order valence-electron chi connectivity index (χ2n) is 9.28. The maximum absolute atomic E-state index is 15.2. The molecule has 2 aliphatic heterocycles. The molecule has 0 saturated carbocycles. The van der Waals surface area contributed by atoms with Crippen LogP contribution >= 0.6 is 0 Å². The normalized spacial score (nSPS) is 17.5. The van der Waals surface area contributed by atoms with Crippen molar-refractivity contribution in [2.24, 2.45) is 0 Å². The Morgan fingerprint density at radius 3 is 2.59 bits per heavy atom. The van der Waals surface area contributed by atoms with Crippen molar-refractivity contribution in [1.29, 1.82) is 0 Å². The van der Waals surface area contributed by atoms with Crippen LogP contribution in [0.5, 0.6) is 11.5 Å². The second kappa shape index (κ2) is 11.3. The fourth-order valence-corrected chi connectivity index (χ4v) is 4.88. The van der Waals surface area contributed by atoms with Gasteiger partial charge in [0, 0.05) is 60.4 Å². The molecule has 2 aliphatic rings. The van der Waals surface area contributed by atoms with E-state index in [1.54, 1.807) is 6.07 Å². The van der Waals surface area contributed by atoms with Crippen LogP contribution in [-0.4, -0.2) is 60.4 Å². The topological polar surface area (TPSA) is 72.0 Å². The lowest BCUT2D eigenvalue weighted by molar-refractivity contribution is 0.0337. The summed E-state index contributed by atoms with van der Waals surface area (Å²) in [5.41, 5.74) is 3.32. The number of rotatable bonds is 9. The Bertz CT molecular complexity index is 1230. The van der Waals surface area contributed by atoms with E-state index in [2.05, 4.69) is 27.0 Å². The van der Waals surface area contributed by atoms with E-state index in [1.807, 2.05) is 50.4 Å². The molecule has 3 aromatic rings. The summed E-state index contributed by atoms with van der Waals surface area (Å²) in [5.74, 6) is 2.42. The molecule has 0 radical (unpaired) electrons. The minimum atomic E-state index is -0.199. The van der Waals surface area contributed by atoms with Crippen LogP contribution in [0.4, 0.5) is 27.5 Å². The Morgan fingerprint density at radius 1 is 1.05 bits per heavy atom. The molecule has 0 amide bonds. The predicted octanol–water partition coefficient (Wildman–Crippen LogP) is 5.07. The van der Waals surface area contributed by atoms with Crippen molar-refractivity contribution in [1.82, 2.24) is 14.9 Å². The summed E-state index contributed by atoms with van der Waals surface area (Å²) in [4.78, 5) is 13.7. The van der Waals surface area contributed by atoms with E-state index < -0.39 is 0 Å². The van der Waals surface area contributed by atoms with E-state index in [-0.39, 0.29) is 11.9 Å². The highest BCUT2D eigenvalue weighted by Crippen LogP contribution is 2.38. The summed E-state index contributed by atoms with van der Waals surface area (Å²) in [6, 6.07) is 11.3. The quantitative estimate of drug-likeness (QED) is 0.430. The Balaban J connectivity index is 1.37. The molecule has 1 atom stereocenters. The van der Waals surface area contributed by atoms with Gasteiger partial charge in [0.1, 0.15) is 11.6 Å². The van der Waals surface area contributed by atoms with Gasteiger partial charge in [0.15, 0.2) is 11.5 Å². The van der Waals surface area contributed by atoms with E-state index in [0.29, 0.717) is 56.0 Å². The smallest absolute Gasteiger partial charge is 0.229 e. The number of nitrogens with zero attached hydrogens (tertiary/aromatic N) is 4. The minimum absolute atomic E-state index is 0.138. The second-order valence-corrected chi connectivity index (χ2v) is 9.28. The number of fused-ring (bicyclic) bond motifs is 1. The van der Waals surface area contributed by atoms with Gasteiger partial charge >= 0.3 is 0 Å². The molecule has 9 heteroatoms. The molecule has 1 saturated heterocycles. The Labute approximate surface area is 217 Å². The highest BCUT2D eigenvalue weighted by Gasteiger charge is 2.30. The molecular weight excluding hydrogens is 473 g/mol. The zero-order chi connectivity index (χ0) is 25.8. The summed E-state index contributed by atoms with van der Waals surface area (Å²) >= 11 is 0. The van der Waals surface area contributed by atoms with Crippen LogP contribution < -0.4 is 19.7 Å². The molecule has 2 aromatic carbocycles. The van der Waals surface area contributed by atoms with Crippen LogP contribution in [0.15, 0.2) is 42.6 Å².